The van der Waals surface area contributed by atoms with Crippen molar-refractivity contribution >= 4 is 17.2 Å². The molecule has 0 amide bonds. The number of rotatable bonds is 3. The minimum atomic E-state index is 0.653. The van der Waals surface area contributed by atoms with Gasteiger partial charge < -0.3 is 4.57 Å². The van der Waals surface area contributed by atoms with Crippen LogP contribution < -0.4 is 0 Å². The maximum atomic E-state index is 4.41. The molecule has 2 heterocycles. The molecule has 0 aromatic carbocycles. The summed E-state index contributed by atoms with van der Waals surface area (Å²) in [6.07, 6.45) is 4.47. The Morgan fingerprint density at radius 2 is 2.27 bits per heavy atom. The number of aromatic nitrogens is 4. The molecule has 2 aromatic rings. The highest BCUT2D eigenvalue weighted by atomic mass is 15.1. The van der Waals surface area contributed by atoms with Gasteiger partial charge in [0.25, 0.3) is 0 Å². The average molecular weight is 202 g/mol. The second kappa shape index (κ2) is 3.81. The van der Waals surface area contributed by atoms with Crippen molar-refractivity contribution in [2.45, 2.75) is 26.8 Å². The van der Waals surface area contributed by atoms with E-state index in [0.717, 1.165) is 30.0 Å². The number of hydrogen-bond acceptors (Lipinski definition) is 3. The molecule has 0 saturated carbocycles. The molecule has 0 saturated heterocycles. The van der Waals surface area contributed by atoms with Crippen molar-refractivity contribution in [3.8, 4) is 0 Å². The van der Waals surface area contributed by atoms with Gasteiger partial charge in [-0.3, -0.25) is 0 Å². The number of fused-ring (bicyclic) bond motifs is 1. The van der Waals surface area contributed by atoms with Crippen molar-refractivity contribution in [1.82, 2.24) is 19.5 Å². The molecular weight excluding hydrogens is 188 g/mol. The van der Waals surface area contributed by atoms with Gasteiger partial charge in [-0.2, -0.15) is 0 Å². The molecule has 0 N–H and O–H groups in total. The molecule has 0 aliphatic rings. The molecule has 4 nitrogen and oxygen atoms in total. The van der Waals surface area contributed by atoms with Gasteiger partial charge in [0.15, 0.2) is 11.5 Å². The molecule has 0 atom stereocenters. The van der Waals surface area contributed by atoms with E-state index in [1.54, 1.807) is 12.3 Å². The normalized spacial score (nSPS) is 10.8. The van der Waals surface area contributed by atoms with E-state index in [-0.39, 0.29) is 0 Å². The Bertz CT molecular complexity index is 499. The van der Waals surface area contributed by atoms with Crippen LogP contribution in [-0.4, -0.2) is 19.5 Å². The minimum absolute atomic E-state index is 0.653. The SMILES string of the molecule is C=Cc1ncc2nc(C)n(CCC)c2n1. The zero-order valence-electron chi connectivity index (χ0n) is 9.06. The molecule has 15 heavy (non-hydrogen) atoms. The Morgan fingerprint density at radius 1 is 1.47 bits per heavy atom. The Hall–Kier alpha value is -1.71. The van der Waals surface area contributed by atoms with Crippen LogP contribution in [0, 0.1) is 6.92 Å². The van der Waals surface area contributed by atoms with E-state index in [9.17, 15) is 0 Å². The van der Waals surface area contributed by atoms with Gasteiger partial charge in [0.2, 0.25) is 0 Å². The molecule has 0 unspecified atom stereocenters. The van der Waals surface area contributed by atoms with Crippen molar-refractivity contribution in [3.63, 3.8) is 0 Å². The minimum Gasteiger partial charge on any atom is -0.313 e. The Morgan fingerprint density at radius 3 is 2.93 bits per heavy atom. The van der Waals surface area contributed by atoms with E-state index < -0.39 is 0 Å². The van der Waals surface area contributed by atoms with Crippen molar-refractivity contribution in [2.24, 2.45) is 0 Å². The van der Waals surface area contributed by atoms with Gasteiger partial charge in [0.1, 0.15) is 11.3 Å². The predicted octanol–water partition coefficient (Wildman–Crippen LogP) is 2.19. The summed E-state index contributed by atoms with van der Waals surface area (Å²) < 4.78 is 2.12. The van der Waals surface area contributed by atoms with Gasteiger partial charge in [0, 0.05) is 6.54 Å². The number of nitrogens with zero attached hydrogens (tertiary/aromatic N) is 4. The second-order valence-corrected chi connectivity index (χ2v) is 3.45. The molecule has 0 aliphatic heterocycles. The van der Waals surface area contributed by atoms with Gasteiger partial charge in [-0.25, -0.2) is 15.0 Å². The van der Waals surface area contributed by atoms with Crippen LogP contribution in [0.5, 0.6) is 0 Å². The van der Waals surface area contributed by atoms with Crippen molar-refractivity contribution in [3.05, 3.63) is 24.4 Å². The fourth-order valence-corrected chi connectivity index (χ4v) is 1.63. The topological polar surface area (TPSA) is 43.6 Å². The lowest BCUT2D eigenvalue weighted by molar-refractivity contribution is 0.670. The molecule has 78 valence electrons. The van der Waals surface area contributed by atoms with Crippen LogP contribution in [0.3, 0.4) is 0 Å². The monoisotopic (exact) mass is 202 g/mol. The van der Waals surface area contributed by atoms with Crippen LogP contribution in [0.4, 0.5) is 0 Å². The first-order valence-corrected chi connectivity index (χ1v) is 5.08. The zero-order valence-corrected chi connectivity index (χ0v) is 9.06. The quantitative estimate of drug-likeness (QED) is 0.766. The van der Waals surface area contributed by atoms with Crippen LogP contribution >= 0.6 is 0 Å². The molecule has 0 radical (unpaired) electrons. The summed E-state index contributed by atoms with van der Waals surface area (Å²) in [5.41, 5.74) is 1.76. The Labute approximate surface area is 88.7 Å². The summed E-state index contributed by atoms with van der Waals surface area (Å²) in [5.74, 6) is 1.64. The largest absolute Gasteiger partial charge is 0.313 e. The lowest BCUT2D eigenvalue weighted by atomic mass is 10.4. The van der Waals surface area contributed by atoms with E-state index >= 15 is 0 Å². The highest BCUT2D eigenvalue weighted by molar-refractivity contribution is 5.71. The van der Waals surface area contributed by atoms with Crippen LogP contribution in [0.2, 0.25) is 0 Å². The first kappa shape index (κ1) is 9.83. The molecule has 0 spiro atoms. The van der Waals surface area contributed by atoms with Gasteiger partial charge in [0.05, 0.1) is 6.20 Å². The standard InChI is InChI=1S/C11H14N4/c1-4-6-15-8(3)13-9-7-12-10(5-2)14-11(9)15/h5,7H,2,4,6H2,1,3H3. The summed E-state index contributed by atoms with van der Waals surface area (Å²) in [7, 11) is 0. The van der Waals surface area contributed by atoms with Crippen LogP contribution in [0.25, 0.3) is 17.2 Å². The van der Waals surface area contributed by atoms with Crippen molar-refractivity contribution < 1.29 is 0 Å². The van der Waals surface area contributed by atoms with E-state index in [1.165, 1.54) is 0 Å². The van der Waals surface area contributed by atoms with Crippen LogP contribution in [0.1, 0.15) is 25.0 Å². The summed E-state index contributed by atoms with van der Waals surface area (Å²) in [6, 6.07) is 0. The van der Waals surface area contributed by atoms with E-state index in [1.807, 2.05) is 6.92 Å². The first-order chi connectivity index (χ1) is 7.26. The maximum Gasteiger partial charge on any atom is 0.164 e. The van der Waals surface area contributed by atoms with Gasteiger partial charge in [-0.15, -0.1) is 0 Å². The molecule has 2 aromatic heterocycles. The fourth-order valence-electron chi connectivity index (χ4n) is 1.63. The molecule has 0 bridgehead atoms. The number of aryl methyl sites for hydroxylation is 2. The number of hydrogen-bond donors (Lipinski definition) is 0. The van der Waals surface area contributed by atoms with E-state index in [2.05, 4.69) is 33.0 Å². The Balaban J connectivity index is 2.66. The molecule has 0 fully saturated rings. The third kappa shape index (κ3) is 1.63. The summed E-state index contributed by atoms with van der Waals surface area (Å²) in [6.45, 7) is 8.74. The fraction of sp³-hybridized carbons (Fsp3) is 0.364. The van der Waals surface area contributed by atoms with Gasteiger partial charge in [-0.05, 0) is 19.4 Å². The van der Waals surface area contributed by atoms with E-state index in [4.69, 9.17) is 0 Å². The van der Waals surface area contributed by atoms with E-state index in [0.29, 0.717) is 5.82 Å². The second-order valence-electron chi connectivity index (χ2n) is 3.45. The average Bonchev–Trinajstić information content (AvgIpc) is 2.55. The third-order valence-electron chi connectivity index (χ3n) is 2.33. The molecule has 2 rings (SSSR count). The summed E-state index contributed by atoms with van der Waals surface area (Å²) in [5, 5.41) is 0. The van der Waals surface area contributed by atoms with Crippen molar-refractivity contribution in [1.29, 1.82) is 0 Å². The van der Waals surface area contributed by atoms with Gasteiger partial charge >= 0.3 is 0 Å². The first-order valence-electron chi connectivity index (χ1n) is 5.08. The number of imidazole rings is 1. The van der Waals surface area contributed by atoms with Crippen LogP contribution in [0.15, 0.2) is 12.8 Å². The van der Waals surface area contributed by atoms with Crippen LogP contribution in [-0.2, 0) is 6.54 Å². The van der Waals surface area contributed by atoms with Gasteiger partial charge in [-0.1, -0.05) is 13.5 Å². The zero-order chi connectivity index (χ0) is 10.8. The third-order valence-corrected chi connectivity index (χ3v) is 2.33. The maximum absolute atomic E-state index is 4.41. The lowest BCUT2D eigenvalue weighted by Crippen LogP contribution is -2.01. The smallest absolute Gasteiger partial charge is 0.164 e. The van der Waals surface area contributed by atoms with Crippen molar-refractivity contribution in [2.75, 3.05) is 0 Å². The summed E-state index contributed by atoms with van der Waals surface area (Å²) >= 11 is 0. The highest BCUT2D eigenvalue weighted by Gasteiger charge is 2.08. The highest BCUT2D eigenvalue weighted by Crippen LogP contribution is 2.13. The summed E-state index contributed by atoms with van der Waals surface area (Å²) in [4.78, 5) is 13.0. The predicted molar refractivity (Wildman–Crippen MR) is 60.4 cm³/mol. The lowest BCUT2D eigenvalue weighted by Gasteiger charge is -2.02. The molecule has 0 aliphatic carbocycles. The molecule has 4 heteroatoms. The molecular formula is C11H14N4. The Kier molecular flexibility index (Phi) is 2.49.